The Morgan fingerprint density at radius 3 is 2.47 bits per heavy atom. The van der Waals surface area contributed by atoms with Crippen molar-refractivity contribution in [3.05, 3.63) is 60.0 Å². The van der Waals surface area contributed by atoms with Crippen LogP contribution in [0.4, 0.5) is 0 Å². The molecule has 1 aromatic heterocycles. The van der Waals surface area contributed by atoms with Gasteiger partial charge in [-0.1, -0.05) is 29.8 Å². The van der Waals surface area contributed by atoms with E-state index in [9.17, 15) is 4.79 Å². The van der Waals surface area contributed by atoms with Crippen molar-refractivity contribution in [2.45, 2.75) is 26.0 Å². The van der Waals surface area contributed by atoms with Crippen molar-refractivity contribution in [1.29, 1.82) is 0 Å². The van der Waals surface area contributed by atoms with Crippen LogP contribution in [0.3, 0.4) is 0 Å². The number of hydrogen-bond acceptors (Lipinski definition) is 7. The van der Waals surface area contributed by atoms with Gasteiger partial charge in [0.2, 0.25) is 17.9 Å². The van der Waals surface area contributed by atoms with Crippen LogP contribution in [0.5, 0.6) is 11.5 Å². The molecule has 1 saturated heterocycles. The van der Waals surface area contributed by atoms with Crippen LogP contribution in [-0.4, -0.2) is 64.8 Å². The molecule has 2 atom stereocenters. The van der Waals surface area contributed by atoms with Crippen molar-refractivity contribution < 1.29 is 18.7 Å². The maximum atomic E-state index is 13.0. The summed E-state index contributed by atoms with van der Waals surface area (Å²) < 4.78 is 17.5. The van der Waals surface area contributed by atoms with E-state index >= 15 is 0 Å². The number of piperazine rings is 1. The summed E-state index contributed by atoms with van der Waals surface area (Å²) in [4.78, 5) is 17.1. The van der Waals surface area contributed by atoms with Gasteiger partial charge in [0, 0.05) is 31.7 Å². The Morgan fingerprint density at radius 1 is 1.00 bits per heavy atom. The smallest absolute Gasteiger partial charge is 0.267 e. The first-order valence-corrected chi connectivity index (χ1v) is 10.9. The third-order valence-electron chi connectivity index (χ3n) is 6.05. The molecule has 2 aromatic carbocycles. The highest BCUT2D eigenvalue weighted by molar-refractivity contribution is 5.82. The lowest BCUT2D eigenvalue weighted by Gasteiger charge is -2.38. The van der Waals surface area contributed by atoms with Gasteiger partial charge in [0.1, 0.15) is 6.61 Å². The summed E-state index contributed by atoms with van der Waals surface area (Å²) in [5.74, 6) is 2.37. The second kappa shape index (κ2) is 8.63. The van der Waals surface area contributed by atoms with Crippen LogP contribution in [0.1, 0.15) is 24.4 Å². The topological polar surface area (TPSA) is 80.9 Å². The molecule has 0 unspecified atom stereocenters. The zero-order chi connectivity index (χ0) is 22.1. The van der Waals surface area contributed by atoms with Crippen molar-refractivity contribution in [3.63, 3.8) is 0 Å². The van der Waals surface area contributed by atoms with Gasteiger partial charge in [-0.3, -0.25) is 9.69 Å². The average Bonchev–Trinajstić information content (AvgIpc) is 3.34. The van der Waals surface area contributed by atoms with Crippen LogP contribution in [-0.2, 0) is 4.79 Å². The predicted molar refractivity (Wildman–Crippen MR) is 117 cm³/mol. The lowest BCUT2D eigenvalue weighted by molar-refractivity contribution is -0.143. The predicted octanol–water partition coefficient (Wildman–Crippen LogP) is 3.09. The van der Waals surface area contributed by atoms with Crippen molar-refractivity contribution in [1.82, 2.24) is 20.0 Å². The molecule has 1 fully saturated rings. The van der Waals surface area contributed by atoms with Crippen molar-refractivity contribution >= 4 is 5.91 Å². The molecule has 32 heavy (non-hydrogen) atoms. The van der Waals surface area contributed by atoms with Crippen LogP contribution >= 0.6 is 0 Å². The van der Waals surface area contributed by atoms with Crippen molar-refractivity contribution in [3.8, 4) is 23.0 Å². The van der Waals surface area contributed by atoms with E-state index in [1.54, 1.807) is 0 Å². The number of aromatic nitrogens is 2. The van der Waals surface area contributed by atoms with Crippen molar-refractivity contribution in [2.24, 2.45) is 0 Å². The Kier molecular flexibility index (Phi) is 5.53. The molecule has 2 aliphatic rings. The number of rotatable bonds is 4. The number of carbonyl (C=O) groups excluding carboxylic acids is 1. The molecule has 1 amide bonds. The largest absolute Gasteiger partial charge is 0.485 e. The van der Waals surface area contributed by atoms with Crippen LogP contribution in [0.15, 0.2) is 52.9 Å². The van der Waals surface area contributed by atoms with Gasteiger partial charge in [-0.05, 0) is 38.1 Å². The highest BCUT2D eigenvalue weighted by atomic mass is 16.6. The van der Waals surface area contributed by atoms with E-state index in [0.29, 0.717) is 36.4 Å². The minimum Gasteiger partial charge on any atom is -0.485 e. The molecule has 3 heterocycles. The van der Waals surface area contributed by atoms with E-state index in [4.69, 9.17) is 13.9 Å². The molecule has 0 saturated carbocycles. The molecule has 3 aromatic rings. The van der Waals surface area contributed by atoms with Crippen LogP contribution < -0.4 is 9.47 Å². The number of fused-ring (bicyclic) bond motifs is 1. The third kappa shape index (κ3) is 4.05. The second-order valence-corrected chi connectivity index (χ2v) is 8.21. The van der Waals surface area contributed by atoms with Gasteiger partial charge in [-0.15, -0.1) is 10.2 Å². The summed E-state index contributed by atoms with van der Waals surface area (Å²) in [6, 6.07) is 15.4. The summed E-state index contributed by atoms with van der Waals surface area (Å²) >= 11 is 0. The Morgan fingerprint density at radius 2 is 1.72 bits per heavy atom. The quantitative estimate of drug-likeness (QED) is 0.624. The van der Waals surface area contributed by atoms with E-state index < -0.39 is 6.10 Å². The maximum absolute atomic E-state index is 13.0. The molecular weight excluding hydrogens is 408 g/mol. The zero-order valence-corrected chi connectivity index (χ0v) is 18.2. The van der Waals surface area contributed by atoms with E-state index in [-0.39, 0.29) is 18.6 Å². The Bertz CT molecular complexity index is 1090. The Balaban J connectivity index is 1.18. The number of para-hydroxylation sites is 2. The number of amides is 1. The molecule has 0 N–H and O–H groups in total. The first-order chi connectivity index (χ1) is 15.6. The fourth-order valence-corrected chi connectivity index (χ4v) is 4.05. The number of ether oxygens (including phenoxy) is 2. The highest BCUT2D eigenvalue weighted by Crippen LogP contribution is 2.31. The number of nitrogens with zero attached hydrogens (tertiary/aromatic N) is 4. The molecule has 8 nitrogen and oxygen atoms in total. The molecular formula is C24H26N4O4. The molecule has 5 rings (SSSR count). The van der Waals surface area contributed by atoms with Gasteiger partial charge in [0.25, 0.3) is 5.91 Å². The van der Waals surface area contributed by atoms with Gasteiger partial charge < -0.3 is 18.8 Å². The summed E-state index contributed by atoms with van der Waals surface area (Å²) in [7, 11) is 0. The van der Waals surface area contributed by atoms with E-state index in [0.717, 1.165) is 18.7 Å². The van der Waals surface area contributed by atoms with E-state index in [2.05, 4.69) is 22.0 Å². The van der Waals surface area contributed by atoms with Gasteiger partial charge in [0.05, 0.1) is 6.04 Å². The minimum atomic E-state index is -0.609. The lowest BCUT2D eigenvalue weighted by Crippen LogP contribution is -2.54. The normalized spacial score (nSPS) is 19.6. The summed E-state index contributed by atoms with van der Waals surface area (Å²) in [5.41, 5.74) is 2.09. The van der Waals surface area contributed by atoms with Gasteiger partial charge in [-0.25, -0.2) is 0 Å². The SMILES string of the molecule is Cc1ccc(-c2nnc([C@H](C)N3CCN(C(=O)[C@H]4COc5ccccc5O4)CC3)o2)cc1. The number of hydrogen-bond donors (Lipinski definition) is 0. The van der Waals surface area contributed by atoms with Crippen molar-refractivity contribution in [2.75, 3.05) is 32.8 Å². The van der Waals surface area contributed by atoms with Gasteiger partial charge in [0.15, 0.2) is 11.5 Å². The summed E-state index contributed by atoms with van der Waals surface area (Å²) in [6.07, 6.45) is -0.609. The molecule has 0 radical (unpaired) electrons. The highest BCUT2D eigenvalue weighted by Gasteiger charge is 2.34. The minimum absolute atomic E-state index is 0.0277. The molecule has 2 aliphatic heterocycles. The fourth-order valence-electron chi connectivity index (χ4n) is 4.05. The molecule has 8 heteroatoms. The zero-order valence-electron chi connectivity index (χ0n) is 18.2. The Labute approximate surface area is 186 Å². The molecule has 0 spiro atoms. The monoisotopic (exact) mass is 434 g/mol. The van der Waals surface area contributed by atoms with E-state index in [1.165, 1.54) is 5.56 Å². The standard InChI is InChI=1S/C24H26N4O4/c1-16-7-9-18(10-8-16)23-26-25-22(32-23)17(2)27-11-13-28(14-12-27)24(29)21-15-30-19-5-3-4-6-20(19)31-21/h3-10,17,21H,11-15H2,1-2H3/t17-,21+/m0/s1. The lowest BCUT2D eigenvalue weighted by atomic mass is 10.1. The second-order valence-electron chi connectivity index (χ2n) is 8.21. The fraction of sp³-hybridized carbons (Fsp3) is 0.375. The van der Waals surface area contributed by atoms with Crippen LogP contribution in [0.2, 0.25) is 0 Å². The summed E-state index contributed by atoms with van der Waals surface area (Å²) in [5, 5.41) is 8.48. The average molecular weight is 434 g/mol. The van der Waals surface area contributed by atoms with Gasteiger partial charge >= 0.3 is 0 Å². The molecule has 0 aliphatic carbocycles. The first-order valence-electron chi connectivity index (χ1n) is 10.9. The Hall–Kier alpha value is -3.39. The maximum Gasteiger partial charge on any atom is 0.267 e. The molecule has 166 valence electrons. The third-order valence-corrected chi connectivity index (χ3v) is 6.05. The number of benzene rings is 2. The number of aryl methyl sites for hydroxylation is 1. The molecule has 0 bridgehead atoms. The van der Waals surface area contributed by atoms with Crippen LogP contribution in [0.25, 0.3) is 11.5 Å². The van der Waals surface area contributed by atoms with Gasteiger partial charge in [-0.2, -0.15) is 0 Å². The summed E-state index contributed by atoms with van der Waals surface area (Å²) in [6.45, 7) is 7.00. The van der Waals surface area contributed by atoms with E-state index in [1.807, 2.05) is 60.4 Å². The first kappa shape index (κ1) is 20.5. The number of carbonyl (C=O) groups is 1. The van der Waals surface area contributed by atoms with Crippen LogP contribution in [0, 0.1) is 6.92 Å².